The lowest BCUT2D eigenvalue weighted by molar-refractivity contribution is 0.0420. The van der Waals surface area contributed by atoms with Gasteiger partial charge in [0.1, 0.15) is 12.4 Å². The quantitative estimate of drug-likeness (QED) is 0.698. The minimum absolute atomic E-state index is 0.0429. The molecule has 82 valence electrons. The number of aromatic nitrogens is 3. The number of aryl methyl sites for hydroxylation is 1. The number of nitrogens with zero attached hydrogens (tertiary/aromatic N) is 3. The van der Waals surface area contributed by atoms with E-state index in [1.165, 1.54) is 6.33 Å². The highest BCUT2D eigenvalue weighted by molar-refractivity contribution is 5.96. The lowest BCUT2D eigenvalue weighted by Gasteiger charge is -2.09. The van der Waals surface area contributed by atoms with Crippen molar-refractivity contribution in [2.45, 2.75) is 45.4 Å². The van der Waals surface area contributed by atoms with Crippen LogP contribution in [0.2, 0.25) is 0 Å². The van der Waals surface area contributed by atoms with Crippen LogP contribution in [0.15, 0.2) is 6.33 Å². The summed E-state index contributed by atoms with van der Waals surface area (Å²) in [5.74, 6) is 0.371. The molecule has 1 aromatic rings. The summed E-state index contributed by atoms with van der Waals surface area (Å²) in [6.45, 7) is 4.57. The SMILES string of the molecule is CCn1ncnc1C(=O)C1CCC(C)O1. The molecular weight excluding hydrogens is 194 g/mol. The van der Waals surface area contributed by atoms with Crippen molar-refractivity contribution in [2.75, 3.05) is 0 Å². The van der Waals surface area contributed by atoms with E-state index in [1.54, 1.807) is 4.68 Å². The number of ether oxygens (including phenoxy) is 1. The summed E-state index contributed by atoms with van der Waals surface area (Å²) in [7, 11) is 0. The molecule has 0 spiro atoms. The zero-order valence-corrected chi connectivity index (χ0v) is 9.01. The summed E-state index contributed by atoms with van der Waals surface area (Å²) >= 11 is 0. The average molecular weight is 209 g/mol. The summed E-state index contributed by atoms with van der Waals surface area (Å²) in [5, 5.41) is 3.98. The summed E-state index contributed by atoms with van der Waals surface area (Å²) in [4.78, 5) is 16.0. The van der Waals surface area contributed by atoms with E-state index < -0.39 is 0 Å². The highest BCUT2D eigenvalue weighted by atomic mass is 16.5. The van der Waals surface area contributed by atoms with E-state index in [0.717, 1.165) is 12.8 Å². The highest BCUT2D eigenvalue weighted by Gasteiger charge is 2.31. The fourth-order valence-corrected chi connectivity index (χ4v) is 1.83. The molecular formula is C10H15N3O2. The van der Waals surface area contributed by atoms with Gasteiger partial charge in [-0.2, -0.15) is 5.10 Å². The fourth-order valence-electron chi connectivity index (χ4n) is 1.83. The third-order valence-electron chi connectivity index (χ3n) is 2.66. The van der Waals surface area contributed by atoms with Crippen LogP contribution in [0, 0.1) is 0 Å². The van der Waals surface area contributed by atoms with E-state index in [0.29, 0.717) is 12.4 Å². The van der Waals surface area contributed by atoms with Crippen molar-refractivity contribution >= 4 is 5.78 Å². The van der Waals surface area contributed by atoms with Crippen LogP contribution in [0.3, 0.4) is 0 Å². The van der Waals surface area contributed by atoms with Crippen LogP contribution in [0.4, 0.5) is 0 Å². The van der Waals surface area contributed by atoms with Crippen molar-refractivity contribution in [1.29, 1.82) is 0 Å². The Bertz CT molecular complexity index is 361. The van der Waals surface area contributed by atoms with Gasteiger partial charge in [-0.25, -0.2) is 9.67 Å². The summed E-state index contributed by atoms with van der Waals surface area (Å²) < 4.78 is 7.12. The molecule has 0 saturated carbocycles. The van der Waals surface area contributed by atoms with Gasteiger partial charge in [0.15, 0.2) is 5.82 Å². The Morgan fingerprint density at radius 3 is 3.07 bits per heavy atom. The van der Waals surface area contributed by atoms with Crippen molar-refractivity contribution in [3.05, 3.63) is 12.2 Å². The van der Waals surface area contributed by atoms with Gasteiger partial charge < -0.3 is 4.74 Å². The van der Waals surface area contributed by atoms with Crippen LogP contribution >= 0.6 is 0 Å². The molecule has 2 atom stereocenters. The second-order valence-electron chi connectivity index (χ2n) is 3.78. The topological polar surface area (TPSA) is 57.0 Å². The monoisotopic (exact) mass is 209 g/mol. The Balaban J connectivity index is 2.14. The molecule has 2 rings (SSSR count). The lowest BCUT2D eigenvalue weighted by Crippen LogP contribution is -2.24. The molecule has 0 amide bonds. The van der Waals surface area contributed by atoms with Gasteiger partial charge in [-0.3, -0.25) is 4.79 Å². The maximum absolute atomic E-state index is 12.0. The maximum atomic E-state index is 12.0. The first kappa shape index (κ1) is 10.3. The van der Waals surface area contributed by atoms with Crippen LogP contribution in [-0.4, -0.2) is 32.8 Å². The molecule has 1 fully saturated rings. The van der Waals surface area contributed by atoms with E-state index in [9.17, 15) is 4.79 Å². The summed E-state index contributed by atoms with van der Waals surface area (Å²) in [6, 6.07) is 0. The molecule has 0 aliphatic carbocycles. The van der Waals surface area contributed by atoms with Gasteiger partial charge in [0.05, 0.1) is 6.10 Å². The standard InChI is InChI=1S/C10H15N3O2/c1-3-13-10(11-6-12-13)9(14)8-5-4-7(2)15-8/h6-8H,3-5H2,1-2H3. The summed E-state index contributed by atoms with van der Waals surface area (Å²) in [5.41, 5.74) is 0. The van der Waals surface area contributed by atoms with Crippen LogP contribution < -0.4 is 0 Å². The summed E-state index contributed by atoms with van der Waals surface area (Å²) in [6.07, 6.45) is 2.99. The Morgan fingerprint density at radius 2 is 2.47 bits per heavy atom. The minimum Gasteiger partial charge on any atom is -0.367 e. The smallest absolute Gasteiger partial charge is 0.228 e. The predicted molar refractivity (Wildman–Crippen MR) is 53.6 cm³/mol. The first-order chi connectivity index (χ1) is 7.22. The fraction of sp³-hybridized carbons (Fsp3) is 0.700. The van der Waals surface area contributed by atoms with Crippen LogP contribution in [0.25, 0.3) is 0 Å². The molecule has 2 unspecified atom stereocenters. The Morgan fingerprint density at radius 1 is 1.67 bits per heavy atom. The van der Waals surface area contributed by atoms with Crippen molar-refractivity contribution in [2.24, 2.45) is 0 Å². The number of hydrogen-bond donors (Lipinski definition) is 0. The molecule has 5 heteroatoms. The maximum Gasteiger partial charge on any atom is 0.228 e. The molecule has 0 aromatic carbocycles. The lowest BCUT2D eigenvalue weighted by atomic mass is 10.1. The number of Topliss-reactive ketones (excluding diaryl/α,β-unsaturated/α-hetero) is 1. The Hall–Kier alpha value is -1.23. The second-order valence-corrected chi connectivity index (χ2v) is 3.78. The van der Waals surface area contributed by atoms with Gasteiger partial charge in [-0.05, 0) is 26.7 Å². The molecule has 2 heterocycles. The molecule has 1 aromatic heterocycles. The van der Waals surface area contributed by atoms with Gasteiger partial charge in [-0.15, -0.1) is 0 Å². The van der Waals surface area contributed by atoms with Crippen molar-refractivity contribution in [3.8, 4) is 0 Å². The van der Waals surface area contributed by atoms with E-state index in [2.05, 4.69) is 10.1 Å². The molecule has 1 aliphatic heterocycles. The third kappa shape index (κ3) is 1.92. The van der Waals surface area contributed by atoms with Gasteiger partial charge in [0.25, 0.3) is 0 Å². The Kier molecular flexibility index (Phi) is 2.81. The van der Waals surface area contributed by atoms with Gasteiger partial charge >= 0.3 is 0 Å². The molecule has 0 N–H and O–H groups in total. The van der Waals surface area contributed by atoms with Crippen LogP contribution in [0.5, 0.6) is 0 Å². The number of hydrogen-bond acceptors (Lipinski definition) is 4. The van der Waals surface area contributed by atoms with Gasteiger partial charge in [-0.1, -0.05) is 0 Å². The number of carbonyl (C=O) groups excluding carboxylic acids is 1. The number of ketones is 1. The molecule has 0 radical (unpaired) electrons. The molecule has 15 heavy (non-hydrogen) atoms. The average Bonchev–Trinajstić information content (AvgIpc) is 2.84. The largest absolute Gasteiger partial charge is 0.367 e. The number of rotatable bonds is 3. The van der Waals surface area contributed by atoms with Gasteiger partial charge in [0.2, 0.25) is 5.78 Å². The zero-order chi connectivity index (χ0) is 10.8. The van der Waals surface area contributed by atoms with Gasteiger partial charge in [0, 0.05) is 6.54 Å². The molecule has 1 aliphatic rings. The molecule has 1 saturated heterocycles. The second kappa shape index (κ2) is 4.10. The predicted octanol–water partition coefficient (Wildman–Crippen LogP) is 1.05. The number of carbonyl (C=O) groups is 1. The van der Waals surface area contributed by atoms with Crippen molar-refractivity contribution in [3.63, 3.8) is 0 Å². The first-order valence-electron chi connectivity index (χ1n) is 5.29. The minimum atomic E-state index is -0.325. The Labute approximate surface area is 88.4 Å². The van der Waals surface area contributed by atoms with E-state index >= 15 is 0 Å². The first-order valence-corrected chi connectivity index (χ1v) is 5.29. The molecule has 0 bridgehead atoms. The third-order valence-corrected chi connectivity index (χ3v) is 2.66. The van der Waals surface area contributed by atoms with E-state index in [1.807, 2.05) is 13.8 Å². The van der Waals surface area contributed by atoms with E-state index in [4.69, 9.17) is 4.74 Å². The van der Waals surface area contributed by atoms with Crippen molar-refractivity contribution < 1.29 is 9.53 Å². The zero-order valence-electron chi connectivity index (χ0n) is 9.01. The van der Waals surface area contributed by atoms with Crippen LogP contribution in [0.1, 0.15) is 37.3 Å². The van der Waals surface area contributed by atoms with Crippen LogP contribution in [-0.2, 0) is 11.3 Å². The highest BCUT2D eigenvalue weighted by Crippen LogP contribution is 2.21. The van der Waals surface area contributed by atoms with E-state index in [-0.39, 0.29) is 18.0 Å². The van der Waals surface area contributed by atoms with Crippen molar-refractivity contribution in [1.82, 2.24) is 14.8 Å². The molecule has 5 nitrogen and oxygen atoms in total. The normalized spacial score (nSPS) is 25.7.